The summed E-state index contributed by atoms with van der Waals surface area (Å²) in [6, 6.07) is 8.78. The second-order valence-corrected chi connectivity index (χ2v) is 5.30. The van der Waals surface area contributed by atoms with Gasteiger partial charge in [-0.1, -0.05) is 28.1 Å². The van der Waals surface area contributed by atoms with Crippen molar-refractivity contribution >= 4 is 27.7 Å². The second-order valence-electron chi connectivity index (χ2n) is 4.39. The molecule has 0 aliphatic rings. The van der Waals surface area contributed by atoms with Crippen molar-refractivity contribution in [3.63, 3.8) is 0 Å². The summed E-state index contributed by atoms with van der Waals surface area (Å²) in [6.07, 6.45) is 1.09. The lowest BCUT2D eigenvalue weighted by atomic mass is 10.2. The number of amides is 1. The smallest absolute Gasteiger partial charge is 0.255 e. The van der Waals surface area contributed by atoms with Gasteiger partial charge in [-0.05, 0) is 30.7 Å². The fourth-order valence-corrected chi connectivity index (χ4v) is 2.06. The van der Waals surface area contributed by atoms with Crippen molar-refractivity contribution in [2.75, 3.05) is 11.9 Å². The van der Waals surface area contributed by atoms with Gasteiger partial charge in [-0.15, -0.1) is 0 Å². The Morgan fingerprint density at radius 1 is 1.33 bits per heavy atom. The SMILES string of the molecule is CCNc1ncc(F)cc1C(=O)NCc1ccc(Br)cc1. The van der Waals surface area contributed by atoms with Crippen LogP contribution in [-0.4, -0.2) is 17.4 Å². The Morgan fingerprint density at radius 3 is 2.71 bits per heavy atom. The van der Waals surface area contributed by atoms with Crippen molar-refractivity contribution in [2.24, 2.45) is 0 Å². The van der Waals surface area contributed by atoms with Crippen molar-refractivity contribution < 1.29 is 9.18 Å². The van der Waals surface area contributed by atoms with E-state index in [1.165, 1.54) is 6.07 Å². The molecule has 0 aliphatic carbocycles. The number of halogens is 2. The molecule has 0 fully saturated rings. The summed E-state index contributed by atoms with van der Waals surface area (Å²) in [5, 5.41) is 5.70. The van der Waals surface area contributed by atoms with Gasteiger partial charge in [0.25, 0.3) is 5.91 Å². The van der Waals surface area contributed by atoms with E-state index in [2.05, 4.69) is 31.5 Å². The number of rotatable bonds is 5. The Bertz CT molecular complexity index is 631. The third-order valence-electron chi connectivity index (χ3n) is 2.81. The molecule has 0 atom stereocenters. The Kier molecular flexibility index (Phi) is 5.27. The number of carbonyl (C=O) groups excluding carboxylic acids is 1. The summed E-state index contributed by atoms with van der Waals surface area (Å²) >= 11 is 3.35. The van der Waals surface area contributed by atoms with Crippen LogP contribution in [0.3, 0.4) is 0 Å². The molecule has 2 N–H and O–H groups in total. The number of nitrogens with one attached hydrogen (secondary N) is 2. The molecule has 1 aromatic carbocycles. The van der Waals surface area contributed by atoms with E-state index in [-0.39, 0.29) is 11.5 Å². The number of anilines is 1. The Labute approximate surface area is 130 Å². The summed E-state index contributed by atoms with van der Waals surface area (Å²) in [7, 11) is 0. The molecule has 110 valence electrons. The molecule has 0 saturated carbocycles. The van der Waals surface area contributed by atoms with Crippen LogP contribution in [0.15, 0.2) is 41.0 Å². The van der Waals surface area contributed by atoms with Gasteiger partial charge in [-0.2, -0.15) is 0 Å². The third-order valence-corrected chi connectivity index (χ3v) is 3.34. The lowest BCUT2D eigenvalue weighted by molar-refractivity contribution is 0.0951. The first kappa shape index (κ1) is 15.4. The van der Waals surface area contributed by atoms with Gasteiger partial charge >= 0.3 is 0 Å². The monoisotopic (exact) mass is 351 g/mol. The van der Waals surface area contributed by atoms with E-state index in [0.29, 0.717) is 18.9 Å². The van der Waals surface area contributed by atoms with Crippen LogP contribution in [-0.2, 0) is 6.54 Å². The quantitative estimate of drug-likeness (QED) is 0.868. The van der Waals surface area contributed by atoms with E-state index in [1.807, 2.05) is 31.2 Å². The van der Waals surface area contributed by atoms with E-state index in [1.54, 1.807) is 0 Å². The number of nitrogens with zero attached hydrogens (tertiary/aromatic N) is 1. The molecule has 6 heteroatoms. The first-order valence-corrected chi connectivity index (χ1v) is 7.31. The van der Waals surface area contributed by atoms with Gasteiger partial charge in [-0.3, -0.25) is 4.79 Å². The summed E-state index contributed by atoms with van der Waals surface area (Å²) in [5.74, 6) is -0.515. The fraction of sp³-hybridized carbons (Fsp3) is 0.200. The maximum absolute atomic E-state index is 13.3. The lowest BCUT2D eigenvalue weighted by Gasteiger charge is -2.10. The zero-order chi connectivity index (χ0) is 15.2. The zero-order valence-corrected chi connectivity index (χ0v) is 13.1. The number of aromatic nitrogens is 1. The first-order valence-electron chi connectivity index (χ1n) is 6.52. The van der Waals surface area contributed by atoms with Gasteiger partial charge in [0, 0.05) is 17.6 Å². The van der Waals surface area contributed by atoms with Gasteiger partial charge in [-0.25, -0.2) is 9.37 Å². The van der Waals surface area contributed by atoms with Crippen LogP contribution in [0.1, 0.15) is 22.8 Å². The summed E-state index contributed by atoms with van der Waals surface area (Å²) < 4.78 is 14.3. The zero-order valence-electron chi connectivity index (χ0n) is 11.5. The van der Waals surface area contributed by atoms with Crippen molar-refractivity contribution in [1.29, 1.82) is 0 Å². The molecule has 2 rings (SSSR count). The Morgan fingerprint density at radius 2 is 2.05 bits per heavy atom. The van der Waals surface area contributed by atoms with E-state index in [9.17, 15) is 9.18 Å². The minimum absolute atomic E-state index is 0.203. The molecule has 1 amide bonds. The molecule has 21 heavy (non-hydrogen) atoms. The Balaban J connectivity index is 2.09. The molecule has 2 aromatic rings. The molecule has 0 unspecified atom stereocenters. The molecule has 1 heterocycles. The topological polar surface area (TPSA) is 54.0 Å². The predicted octanol–water partition coefficient (Wildman–Crippen LogP) is 3.35. The average Bonchev–Trinajstić information content (AvgIpc) is 2.48. The first-order chi connectivity index (χ1) is 10.1. The summed E-state index contributed by atoms with van der Waals surface area (Å²) in [6.45, 7) is 2.86. The molecule has 0 bridgehead atoms. The van der Waals surface area contributed by atoms with E-state index in [0.717, 1.165) is 16.2 Å². The van der Waals surface area contributed by atoms with Gasteiger partial charge in [0.1, 0.15) is 11.6 Å². The number of benzene rings is 1. The van der Waals surface area contributed by atoms with Crippen LogP contribution in [0.25, 0.3) is 0 Å². The van der Waals surface area contributed by atoms with Gasteiger partial charge in [0.15, 0.2) is 0 Å². The molecule has 0 aliphatic heterocycles. The highest BCUT2D eigenvalue weighted by molar-refractivity contribution is 9.10. The highest BCUT2D eigenvalue weighted by Crippen LogP contribution is 2.14. The van der Waals surface area contributed by atoms with Crippen molar-refractivity contribution in [3.05, 3.63) is 57.9 Å². The molecule has 1 aromatic heterocycles. The number of hydrogen-bond donors (Lipinski definition) is 2. The maximum Gasteiger partial charge on any atom is 0.255 e. The molecule has 4 nitrogen and oxygen atoms in total. The predicted molar refractivity (Wildman–Crippen MR) is 83.7 cm³/mol. The van der Waals surface area contributed by atoms with Crippen LogP contribution in [0.2, 0.25) is 0 Å². The number of hydrogen-bond acceptors (Lipinski definition) is 3. The maximum atomic E-state index is 13.3. The van der Waals surface area contributed by atoms with Gasteiger partial charge in [0.05, 0.1) is 11.8 Å². The minimum atomic E-state index is -0.537. The molecule has 0 spiro atoms. The Hall–Kier alpha value is -1.95. The van der Waals surface area contributed by atoms with E-state index in [4.69, 9.17) is 0 Å². The standard InChI is InChI=1S/C15H15BrFN3O/c1-2-18-14-13(7-12(17)9-19-14)15(21)20-8-10-3-5-11(16)6-4-10/h3-7,9H,2,8H2,1H3,(H,18,19)(H,20,21). The van der Waals surface area contributed by atoms with E-state index >= 15 is 0 Å². The fourth-order valence-electron chi connectivity index (χ4n) is 1.80. The molecule has 0 radical (unpaired) electrons. The van der Waals surface area contributed by atoms with Crippen LogP contribution in [0.5, 0.6) is 0 Å². The largest absolute Gasteiger partial charge is 0.370 e. The highest BCUT2D eigenvalue weighted by Gasteiger charge is 2.13. The molecular formula is C15H15BrFN3O. The van der Waals surface area contributed by atoms with Crippen molar-refractivity contribution in [2.45, 2.75) is 13.5 Å². The summed E-state index contributed by atoms with van der Waals surface area (Å²) in [4.78, 5) is 16.1. The van der Waals surface area contributed by atoms with Crippen molar-refractivity contribution in [1.82, 2.24) is 10.3 Å². The minimum Gasteiger partial charge on any atom is -0.370 e. The third kappa shape index (κ3) is 4.26. The van der Waals surface area contributed by atoms with Crippen LogP contribution in [0.4, 0.5) is 10.2 Å². The highest BCUT2D eigenvalue weighted by atomic mass is 79.9. The van der Waals surface area contributed by atoms with Crippen molar-refractivity contribution in [3.8, 4) is 0 Å². The lowest BCUT2D eigenvalue weighted by Crippen LogP contribution is -2.24. The summed E-state index contributed by atoms with van der Waals surface area (Å²) in [5.41, 5.74) is 1.16. The van der Waals surface area contributed by atoms with Gasteiger partial charge < -0.3 is 10.6 Å². The number of pyridine rings is 1. The van der Waals surface area contributed by atoms with Crippen LogP contribution >= 0.6 is 15.9 Å². The normalized spacial score (nSPS) is 10.2. The van der Waals surface area contributed by atoms with Gasteiger partial charge in [0.2, 0.25) is 0 Å². The van der Waals surface area contributed by atoms with Crippen LogP contribution in [0, 0.1) is 5.82 Å². The molecular weight excluding hydrogens is 337 g/mol. The number of carbonyl (C=O) groups is 1. The average molecular weight is 352 g/mol. The second kappa shape index (κ2) is 7.17. The van der Waals surface area contributed by atoms with Crippen LogP contribution < -0.4 is 10.6 Å². The molecule has 0 saturated heterocycles. The van der Waals surface area contributed by atoms with E-state index < -0.39 is 5.82 Å².